The third-order valence-corrected chi connectivity index (χ3v) is 5.38. The van der Waals surface area contributed by atoms with Gasteiger partial charge in [0.15, 0.2) is 0 Å². The first-order valence-corrected chi connectivity index (χ1v) is 10.1. The first kappa shape index (κ1) is 24.8. The molecule has 10 nitrogen and oxygen atoms in total. The van der Waals surface area contributed by atoms with Crippen molar-refractivity contribution in [1.29, 1.82) is 0 Å². The van der Waals surface area contributed by atoms with E-state index in [-0.39, 0.29) is 11.8 Å². The van der Waals surface area contributed by atoms with Crippen molar-refractivity contribution in [2.24, 2.45) is 17.6 Å². The van der Waals surface area contributed by atoms with Crippen LogP contribution in [0.5, 0.6) is 0 Å². The number of carboxylic acid groups (broad SMARTS) is 1. The van der Waals surface area contributed by atoms with E-state index in [1.165, 1.54) is 4.90 Å². The zero-order valence-electron chi connectivity index (χ0n) is 17.6. The molecule has 5 unspecified atom stereocenters. The Morgan fingerprint density at radius 2 is 1.76 bits per heavy atom. The number of aliphatic hydroxyl groups is 1. The van der Waals surface area contributed by atoms with Crippen molar-refractivity contribution in [2.75, 3.05) is 13.2 Å². The summed E-state index contributed by atoms with van der Waals surface area (Å²) >= 11 is 0. The van der Waals surface area contributed by atoms with E-state index in [0.29, 0.717) is 25.8 Å². The molecule has 1 heterocycles. The number of amides is 3. The molecule has 1 rings (SSSR count). The smallest absolute Gasteiger partial charge is 0.326 e. The van der Waals surface area contributed by atoms with Crippen LogP contribution in [0.25, 0.3) is 0 Å². The fraction of sp³-hybridized carbons (Fsp3) is 0.789. The number of carbonyl (C=O) groups is 4. The Balaban J connectivity index is 2.94. The summed E-state index contributed by atoms with van der Waals surface area (Å²) in [4.78, 5) is 50.7. The average Bonchev–Trinajstić information content (AvgIpc) is 3.17. The number of nitrogens with one attached hydrogen (secondary N) is 2. The molecule has 6 N–H and O–H groups in total. The van der Waals surface area contributed by atoms with Crippen molar-refractivity contribution in [3.63, 3.8) is 0 Å². The molecule has 0 aromatic heterocycles. The lowest BCUT2D eigenvalue weighted by Crippen LogP contribution is -2.59. The molecule has 0 bridgehead atoms. The van der Waals surface area contributed by atoms with Crippen molar-refractivity contribution < 1.29 is 29.4 Å². The second kappa shape index (κ2) is 11.1. The Hall–Kier alpha value is -2.20. The number of hydrogen-bond acceptors (Lipinski definition) is 6. The molecule has 0 radical (unpaired) electrons. The molecule has 1 saturated heterocycles. The highest BCUT2D eigenvalue weighted by Crippen LogP contribution is 2.19. The van der Waals surface area contributed by atoms with Gasteiger partial charge in [-0.15, -0.1) is 0 Å². The lowest BCUT2D eigenvalue weighted by molar-refractivity contribution is -0.144. The van der Waals surface area contributed by atoms with E-state index in [4.69, 9.17) is 10.8 Å². The van der Waals surface area contributed by atoms with Crippen LogP contribution >= 0.6 is 0 Å². The summed E-state index contributed by atoms with van der Waals surface area (Å²) in [7, 11) is 0. The third-order valence-electron chi connectivity index (χ3n) is 5.38. The number of rotatable bonds is 10. The number of aliphatic carboxylic acids is 1. The average molecular weight is 415 g/mol. The Morgan fingerprint density at radius 3 is 2.24 bits per heavy atom. The second-order valence-electron chi connectivity index (χ2n) is 7.92. The number of likely N-dealkylation sites (tertiary alicyclic amines) is 1. The molecule has 0 aliphatic carbocycles. The Morgan fingerprint density at radius 1 is 1.14 bits per heavy atom. The highest BCUT2D eigenvalue weighted by molar-refractivity contribution is 5.94. The minimum absolute atomic E-state index is 0.245. The standard InChI is InChI=1S/C19H34N4O6/c1-5-11(4)15(17(26)21-14(10(2)3)19(28)29)22-16(25)13-7-6-8-23(13)18(27)12(20)9-24/h10-15,24H,5-9,20H2,1-4H3,(H,21,26)(H,22,25)(H,28,29). The van der Waals surface area contributed by atoms with Crippen molar-refractivity contribution in [3.05, 3.63) is 0 Å². The molecule has 0 aromatic rings. The van der Waals surface area contributed by atoms with Gasteiger partial charge in [0, 0.05) is 6.54 Å². The summed E-state index contributed by atoms with van der Waals surface area (Å²) < 4.78 is 0. The van der Waals surface area contributed by atoms with Gasteiger partial charge in [0.2, 0.25) is 17.7 Å². The zero-order valence-corrected chi connectivity index (χ0v) is 17.6. The zero-order chi connectivity index (χ0) is 22.3. The fourth-order valence-corrected chi connectivity index (χ4v) is 3.30. The van der Waals surface area contributed by atoms with Gasteiger partial charge in [-0.1, -0.05) is 34.1 Å². The van der Waals surface area contributed by atoms with Crippen LogP contribution in [0.2, 0.25) is 0 Å². The molecule has 3 amide bonds. The minimum Gasteiger partial charge on any atom is -0.480 e. The van der Waals surface area contributed by atoms with Crippen LogP contribution in [0.3, 0.4) is 0 Å². The highest BCUT2D eigenvalue weighted by atomic mass is 16.4. The van der Waals surface area contributed by atoms with E-state index in [1.807, 2.05) is 6.92 Å². The molecule has 0 spiro atoms. The maximum atomic E-state index is 12.9. The van der Waals surface area contributed by atoms with Crippen LogP contribution in [0, 0.1) is 11.8 Å². The Labute approximate surface area is 171 Å². The first-order valence-electron chi connectivity index (χ1n) is 10.1. The SMILES string of the molecule is CCC(C)C(NC(=O)C1CCCN1C(=O)C(N)CO)C(=O)NC(C(=O)O)C(C)C. The lowest BCUT2D eigenvalue weighted by atomic mass is 9.96. The predicted octanol–water partition coefficient (Wildman–Crippen LogP) is -0.947. The molecular formula is C19H34N4O6. The quantitative estimate of drug-likeness (QED) is 0.308. The normalized spacial score (nSPS) is 20.7. The Kier molecular flexibility index (Phi) is 9.51. The minimum atomic E-state index is -1.15. The maximum Gasteiger partial charge on any atom is 0.326 e. The predicted molar refractivity (Wildman–Crippen MR) is 106 cm³/mol. The van der Waals surface area contributed by atoms with Crippen LogP contribution in [-0.4, -0.2) is 76.1 Å². The number of carbonyl (C=O) groups excluding carboxylic acids is 3. The molecule has 5 atom stereocenters. The van der Waals surface area contributed by atoms with Crippen LogP contribution in [0.15, 0.2) is 0 Å². The van der Waals surface area contributed by atoms with Gasteiger partial charge in [0.25, 0.3) is 0 Å². The van der Waals surface area contributed by atoms with Gasteiger partial charge >= 0.3 is 5.97 Å². The maximum absolute atomic E-state index is 12.9. The largest absolute Gasteiger partial charge is 0.480 e. The van der Waals surface area contributed by atoms with E-state index in [1.54, 1.807) is 20.8 Å². The van der Waals surface area contributed by atoms with Gasteiger partial charge in [0.1, 0.15) is 24.2 Å². The summed E-state index contributed by atoms with van der Waals surface area (Å²) in [5, 5.41) is 23.6. The highest BCUT2D eigenvalue weighted by Gasteiger charge is 2.38. The number of aliphatic hydroxyl groups excluding tert-OH is 1. The number of nitrogens with zero attached hydrogens (tertiary/aromatic N) is 1. The molecule has 10 heteroatoms. The summed E-state index contributed by atoms with van der Waals surface area (Å²) in [5.41, 5.74) is 5.60. The van der Waals surface area contributed by atoms with E-state index in [2.05, 4.69) is 10.6 Å². The molecule has 1 aliphatic heterocycles. The summed E-state index contributed by atoms with van der Waals surface area (Å²) in [6.45, 7) is 6.84. The molecule has 29 heavy (non-hydrogen) atoms. The van der Waals surface area contributed by atoms with E-state index in [9.17, 15) is 24.3 Å². The monoisotopic (exact) mass is 414 g/mol. The van der Waals surface area contributed by atoms with E-state index < -0.39 is 54.5 Å². The first-order chi connectivity index (χ1) is 13.5. The second-order valence-corrected chi connectivity index (χ2v) is 7.92. The van der Waals surface area contributed by atoms with Crippen LogP contribution < -0.4 is 16.4 Å². The summed E-state index contributed by atoms with van der Waals surface area (Å²) in [6, 6.07) is -3.88. The summed E-state index contributed by atoms with van der Waals surface area (Å²) in [6.07, 6.45) is 1.62. The van der Waals surface area contributed by atoms with Crippen molar-refractivity contribution in [2.45, 2.75) is 71.1 Å². The molecule has 1 aliphatic rings. The van der Waals surface area contributed by atoms with E-state index >= 15 is 0 Å². The number of carboxylic acids is 1. The van der Waals surface area contributed by atoms with Gasteiger partial charge in [-0.25, -0.2) is 4.79 Å². The van der Waals surface area contributed by atoms with Gasteiger partial charge in [-0.05, 0) is 24.7 Å². The third kappa shape index (κ3) is 6.40. The van der Waals surface area contributed by atoms with Gasteiger partial charge in [0.05, 0.1) is 6.61 Å². The number of nitrogens with two attached hydrogens (primary N) is 1. The summed E-state index contributed by atoms with van der Waals surface area (Å²) in [5.74, 6) is -3.29. The van der Waals surface area contributed by atoms with Crippen molar-refractivity contribution >= 4 is 23.7 Å². The van der Waals surface area contributed by atoms with Gasteiger partial charge in [-0.3, -0.25) is 14.4 Å². The molecule has 166 valence electrons. The van der Waals surface area contributed by atoms with Crippen LogP contribution in [0.4, 0.5) is 0 Å². The molecule has 0 saturated carbocycles. The van der Waals surface area contributed by atoms with Gasteiger partial charge in [-0.2, -0.15) is 0 Å². The lowest BCUT2D eigenvalue weighted by Gasteiger charge is -2.30. The topological polar surface area (TPSA) is 162 Å². The van der Waals surface area contributed by atoms with Crippen LogP contribution in [0.1, 0.15) is 47.0 Å². The molecule has 0 aromatic carbocycles. The number of hydrogen-bond donors (Lipinski definition) is 5. The van der Waals surface area contributed by atoms with Crippen LogP contribution in [-0.2, 0) is 19.2 Å². The van der Waals surface area contributed by atoms with Crippen molar-refractivity contribution in [1.82, 2.24) is 15.5 Å². The fourth-order valence-electron chi connectivity index (χ4n) is 3.30. The van der Waals surface area contributed by atoms with Crippen molar-refractivity contribution in [3.8, 4) is 0 Å². The van der Waals surface area contributed by atoms with Gasteiger partial charge < -0.3 is 31.5 Å². The molecule has 1 fully saturated rings. The molecular weight excluding hydrogens is 380 g/mol. The van der Waals surface area contributed by atoms with E-state index in [0.717, 1.165) is 0 Å². The Bertz CT molecular complexity index is 612.